The summed E-state index contributed by atoms with van der Waals surface area (Å²) in [5.74, 6) is 0. The van der Waals surface area contributed by atoms with Crippen LogP contribution in [0.2, 0.25) is 0 Å². The van der Waals surface area contributed by atoms with Crippen molar-refractivity contribution < 1.29 is 4.12 Å². The maximum atomic E-state index is 5.08. The van der Waals surface area contributed by atoms with Crippen LogP contribution in [0.15, 0.2) is 0 Å². The minimum Gasteiger partial charge on any atom is -0.457 e. The fraction of sp³-hybridized carbons (Fsp3) is 1.00. The predicted octanol–water partition coefficient (Wildman–Crippen LogP) is -1.33. The zero-order valence-electron chi connectivity index (χ0n) is 6.12. The van der Waals surface area contributed by atoms with Crippen molar-refractivity contribution >= 4 is 20.4 Å². The number of hydrogen-bond donors (Lipinski definition) is 1. The maximum Gasteiger partial charge on any atom is 0.224 e. The van der Waals surface area contributed by atoms with Gasteiger partial charge in [0.05, 0.1) is 0 Å². The molecule has 0 saturated carbocycles. The highest BCUT2D eigenvalue weighted by Crippen LogP contribution is 1.95. The van der Waals surface area contributed by atoms with Crippen molar-refractivity contribution in [2.24, 2.45) is 0 Å². The van der Waals surface area contributed by atoms with Crippen molar-refractivity contribution in [2.45, 2.75) is 26.3 Å². The second kappa shape index (κ2) is 3.39. The van der Waals surface area contributed by atoms with Gasteiger partial charge in [-0.2, -0.15) is 0 Å². The molecular weight excluding hydrogens is 134 g/mol. The average Bonchev–Trinajstić information content (AvgIpc) is 1.59. The first kappa shape index (κ1) is 8.35. The molecule has 0 aliphatic carbocycles. The molecule has 0 amide bonds. The van der Waals surface area contributed by atoms with Crippen LogP contribution in [0.25, 0.3) is 0 Å². The summed E-state index contributed by atoms with van der Waals surface area (Å²) in [7, 11) is 0.511. The molecule has 1 N–H and O–H groups in total. The van der Waals surface area contributed by atoms with E-state index in [9.17, 15) is 0 Å². The van der Waals surface area contributed by atoms with Crippen LogP contribution in [0.3, 0.4) is 0 Å². The van der Waals surface area contributed by atoms with Crippen molar-refractivity contribution in [3.8, 4) is 0 Å². The summed E-state index contributed by atoms with van der Waals surface area (Å²) in [6, 6.07) is 0. The van der Waals surface area contributed by atoms with Crippen LogP contribution in [0, 0.1) is 0 Å². The van der Waals surface area contributed by atoms with Gasteiger partial charge in [0, 0.05) is 5.54 Å². The first-order chi connectivity index (χ1) is 3.56. The summed E-state index contributed by atoms with van der Waals surface area (Å²) in [5.41, 5.74) is 0.261. The van der Waals surface area contributed by atoms with Gasteiger partial charge in [-0.05, 0) is 20.8 Å². The van der Waals surface area contributed by atoms with Crippen LogP contribution in [0.4, 0.5) is 0 Å². The summed E-state index contributed by atoms with van der Waals surface area (Å²) >= 11 is 0. The topological polar surface area (TPSA) is 21.3 Å². The number of rotatable bonds is 2. The lowest BCUT2D eigenvalue weighted by Crippen LogP contribution is -2.39. The predicted molar refractivity (Wildman–Crippen MR) is 42.5 cm³/mol. The van der Waals surface area contributed by atoms with E-state index in [1.54, 1.807) is 0 Å². The molecule has 0 rings (SSSR count). The zero-order chi connectivity index (χ0) is 6.62. The van der Waals surface area contributed by atoms with Crippen LogP contribution in [-0.2, 0) is 4.12 Å². The van der Waals surface area contributed by atoms with Gasteiger partial charge in [0.25, 0.3) is 0 Å². The van der Waals surface area contributed by atoms with E-state index in [1.807, 2.05) is 0 Å². The van der Waals surface area contributed by atoms with Crippen molar-refractivity contribution in [3.05, 3.63) is 0 Å². The second-order valence-electron chi connectivity index (χ2n) is 2.86. The van der Waals surface area contributed by atoms with E-state index in [0.717, 1.165) is 10.5 Å². The summed E-state index contributed by atoms with van der Waals surface area (Å²) in [5, 5.41) is 0. The van der Waals surface area contributed by atoms with Gasteiger partial charge >= 0.3 is 0 Å². The first-order valence-corrected chi connectivity index (χ1v) is 4.90. The molecule has 0 heterocycles. The smallest absolute Gasteiger partial charge is 0.224 e. The largest absolute Gasteiger partial charge is 0.457 e. The third-order valence-electron chi connectivity index (χ3n) is 0.747. The molecule has 2 nitrogen and oxygen atoms in total. The van der Waals surface area contributed by atoms with Gasteiger partial charge in [-0.25, -0.2) is 0 Å². The van der Waals surface area contributed by atoms with E-state index >= 15 is 0 Å². The quantitative estimate of drug-likeness (QED) is 0.491. The molecule has 0 atom stereocenters. The molecule has 4 heteroatoms. The summed E-state index contributed by atoms with van der Waals surface area (Å²) in [6.45, 7) is 6.46. The molecule has 50 valence electrons. The van der Waals surface area contributed by atoms with Crippen LogP contribution >= 0.6 is 0 Å². The Kier molecular flexibility index (Phi) is 3.54. The van der Waals surface area contributed by atoms with Gasteiger partial charge in [0.15, 0.2) is 0 Å². The molecule has 0 saturated heterocycles. The lowest BCUT2D eigenvalue weighted by atomic mass is 10.1. The molecule has 0 aromatic carbocycles. The SMILES string of the molecule is CC(C)(C)N[SiH2]O[SiH3]. The van der Waals surface area contributed by atoms with E-state index in [2.05, 4.69) is 25.8 Å². The Labute approximate surface area is 56.6 Å². The molecule has 0 aliphatic heterocycles. The van der Waals surface area contributed by atoms with Gasteiger partial charge in [-0.1, -0.05) is 0 Å². The minimum atomic E-state index is -0.371. The highest BCUT2D eigenvalue weighted by molar-refractivity contribution is 6.31. The fourth-order valence-corrected chi connectivity index (χ4v) is 1.30. The normalized spacial score (nSPS) is 13.9. The maximum absolute atomic E-state index is 5.08. The molecule has 0 aromatic heterocycles. The number of hydrogen-bond acceptors (Lipinski definition) is 2. The average molecular weight is 149 g/mol. The summed E-state index contributed by atoms with van der Waals surface area (Å²) in [6.07, 6.45) is 0. The molecule has 0 aromatic rings. The van der Waals surface area contributed by atoms with Crippen molar-refractivity contribution in [1.82, 2.24) is 4.98 Å². The Morgan fingerprint density at radius 2 is 2.00 bits per heavy atom. The third kappa shape index (κ3) is 6.35. The van der Waals surface area contributed by atoms with Crippen LogP contribution < -0.4 is 4.98 Å². The number of nitrogens with one attached hydrogen (secondary N) is 1. The molecule has 0 aliphatic rings. The Morgan fingerprint density at radius 3 is 2.12 bits per heavy atom. The molecule has 0 bridgehead atoms. The van der Waals surface area contributed by atoms with Crippen molar-refractivity contribution in [1.29, 1.82) is 0 Å². The molecule has 8 heavy (non-hydrogen) atoms. The summed E-state index contributed by atoms with van der Waals surface area (Å²) in [4.78, 5) is 3.32. The lowest BCUT2D eigenvalue weighted by Gasteiger charge is -2.19. The molecule has 0 unspecified atom stereocenters. The van der Waals surface area contributed by atoms with Crippen LogP contribution in [-0.4, -0.2) is 25.9 Å². The Bertz CT molecular complexity index is 61.5. The highest BCUT2D eigenvalue weighted by atomic mass is 28.3. The standard InChI is InChI=1S/C4H15NOSi2/c1-4(2,3)5-8-6-7/h5H,8H2,1-3,7H3. The zero-order valence-corrected chi connectivity index (χ0v) is 9.53. The molecule has 0 spiro atoms. The monoisotopic (exact) mass is 149 g/mol. The highest BCUT2D eigenvalue weighted by Gasteiger charge is 2.06. The summed E-state index contributed by atoms with van der Waals surface area (Å²) < 4.78 is 5.08. The van der Waals surface area contributed by atoms with Gasteiger partial charge in [0.2, 0.25) is 9.92 Å². The van der Waals surface area contributed by atoms with Gasteiger partial charge in [0.1, 0.15) is 10.5 Å². The molecular formula is C4H15NOSi2. The minimum absolute atomic E-state index is 0.261. The van der Waals surface area contributed by atoms with E-state index in [-0.39, 0.29) is 15.5 Å². The molecule has 0 fully saturated rings. The van der Waals surface area contributed by atoms with Gasteiger partial charge < -0.3 is 9.10 Å². The van der Waals surface area contributed by atoms with Crippen LogP contribution in [0.5, 0.6) is 0 Å². The van der Waals surface area contributed by atoms with Crippen LogP contribution in [0.1, 0.15) is 20.8 Å². The lowest BCUT2D eigenvalue weighted by molar-refractivity contribution is 0.490. The Morgan fingerprint density at radius 1 is 1.50 bits per heavy atom. The second-order valence-corrected chi connectivity index (χ2v) is 5.81. The fourth-order valence-electron chi connectivity index (χ4n) is 0.289. The van der Waals surface area contributed by atoms with E-state index in [4.69, 9.17) is 4.12 Å². The van der Waals surface area contributed by atoms with E-state index in [1.165, 1.54) is 0 Å². The van der Waals surface area contributed by atoms with Crippen molar-refractivity contribution in [3.63, 3.8) is 0 Å². The van der Waals surface area contributed by atoms with E-state index < -0.39 is 0 Å². The third-order valence-corrected chi connectivity index (χ3v) is 3.11. The van der Waals surface area contributed by atoms with Gasteiger partial charge in [-0.15, -0.1) is 0 Å². The Balaban J connectivity index is 3.11. The van der Waals surface area contributed by atoms with Gasteiger partial charge in [-0.3, -0.25) is 0 Å². The first-order valence-electron chi connectivity index (χ1n) is 2.80. The Hall–Kier alpha value is 0.354. The van der Waals surface area contributed by atoms with Crippen molar-refractivity contribution in [2.75, 3.05) is 0 Å². The molecule has 0 radical (unpaired) electrons. The van der Waals surface area contributed by atoms with E-state index in [0.29, 0.717) is 0 Å².